The molecule has 1 spiro atoms. The van der Waals surface area contributed by atoms with Crippen LogP contribution in [0.4, 0.5) is 5.69 Å². The molecule has 2 heteroatoms. The number of hydrogen-bond donors (Lipinski definition) is 1. The van der Waals surface area contributed by atoms with Gasteiger partial charge in [0.05, 0.1) is 0 Å². The topological polar surface area (TPSA) is 15.3 Å². The van der Waals surface area contributed by atoms with Gasteiger partial charge in [0.1, 0.15) is 0 Å². The maximum absolute atomic E-state index is 3.46. The molecule has 0 aromatic heterocycles. The lowest BCUT2D eigenvalue weighted by Crippen LogP contribution is -2.59. The molecule has 1 N–H and O–H groups in total. The molecule has 1 unspecified atom stereocenters. The van der Waals surface area contributed by atoms with Gasteiger partial charge in [0, 0.05) is 30.2 Å². The van der Waals surface area contributed by atoms with Crippen molar-refractivity contribution < 1.29 is 0 Å². The molecule has 3 rings (SSSR count). The fourth-order valence-electron chi connectivity index (χ4n) is 3.34. The summed E-state index contributed by atoms with van der Waals surface area (Å²) >= 11 is 0. The Morgan fingerprint density at radius 3 is 2.39 bits per heavy atom. The van der Waals surface area contributed by atoms with E-state index in [0.29, 0.717) is 6.04 Å². The normalized spacial score (nSPS) is 22.4. The quantitative estimate of drug-likeness (QED) is 0.874. The standard InChI is InChI=1S/C16H24N2/c1-3-17-13(2)14-5-7-15(8-6-14)18-11-16(12-18)9-4-10-16/h5-8,13,17H,3-4,9-12H2,1-2H3. The Balaban J connectivity index is 1.61. The Morgan fingerprint density at radius 1 is 1.22 bits per heavy atom. The van der Waals surface area contributed by atoms with E-state index in [-0.39, 0.29) is 0 Å². The van der Waals surface area contributed by atoms with Crippen LogP contribution in [0.5, 0.6) is 0 Å². The number of nitrogens with zero attached hydrogens (tertiary/aromatic N) is 1. The Morgan fingerprint density at radius 2 is 1.89 bits per heavy atom. The second-order valence-electron chi connectivity index (χ2n) is 6.08. The van der Waals surface area contributed by atoms with Crippen LogP contribution in [-0.2, 0) is 0 Å². The highest BCUT2D eigenvalue weighted by Crippen LogP contribution is 2.49. The van der Waals surface area contributed by atoms with Gasteiger partial charge < -0.3 is 10.2 Å². The van der Waals surface area contributed by atoms with E-state index in [1.54, 1.807) is 0 Å². The van der Waals surface area contributed by atoms with E-state index in [1.807, 2.05) is 0 Å². The molecule has 0 amide bonds. The largest absolute Gasteiger partial charge is 0.370 e. The fraction of sp³-hybridized carbons (Fsp3) is 0.625. The number of benzene rings is 1. The average molecular weight is 244 g/mol. The highest BCUT2D eigenvalue weighted by molar-refractivity contribution is 5.51. The number of anilines is 1. The zero-order chi connectivity index (χ0) is 12.6. The maximum Gasteiger partial charge on any atom is 0.0366 e. The lowest BCUT2D eigenvalue weighted by Gasteiger charge is -2.57. The van der Waals surface area contributed by atoms with Crippen LogP contribution in [0.15, 0.2) is 24.3 Å². The van der Waals surface area contributed by atoms with Gasteiger partial charge in [-0.15, -0.1) is 0 Å². The summed E-state index contributed by atoms with van der Waals surface area (Å²) in [4.78, 5) is 2.53. The molecule has 1 aromatic rings. The van der Waals surface area contributed by atoms with Crippen molar-refractivity contribution in [3.05, 3.63) is 29.8 Å². The van der Waals surface area contributed by atoms with Crippen molar-refractivity contribution in [3.63, 3.8) is 0 Å². The smallest absolute Gasteiger partial charge is 0.0366 e. The van der Waals surface area contributed by atoms with Gasteiger partial charge in [-0.25, -0.2) is 0 Å². The monoisotopic (exact) mass is 244 g/mol. The Kier molecular flexibility index (Phi) is 3.06. The van der Waals surface area contributed by atoms with Crippen LogP contribution in [-0.4, -0.2) is 19.6 Å². The molecule has 18 heavy (non-hydrogen) atoms. The molecular weight excluding hydrogens is 220 g/mol. The van der Waals surface area contributed by atoms with Crippen molar-refractivity contribution in [2.24, 2.45) is 5.41 Å². The summed E-state index contributed by atoms with van der Waals surface area (Å²) in [5.41, 5.74) is 3.51. The minimum Gasteiger partial charge on any atom is -0.370 e. The van der Waals surface area contributed by atoms with E-state index in [1.165, 1.54) is 43.6 Å². The first kappa shape index (κ1) is 12.0. The Hall–Kier alpha value is -1.02. The van der Waals surface area contributed by atoms with Crippen LogP contribution in [0.1, 0.15) is 44.7 Å². The van der Waals surface area contributed by atoms with Crippen LogP contribution in [0, 0.1) is 5.41 Å². The predicted octanol–water partition coefficient (Wildman–Crippen LogP) is 3.35. The molecular formula is C16H24N2. The van der Waals surface area contributed by atoms with Crippen molar-refractivity contribution >= 4 is 5.69 Å². The molecule has 1 saturated heterocycles. The molecule has 98 valence electrons. The molecule has 2 fully saturated rings. The molecule has 1 atom stereocenters. The average Bonchev–Trinajstić information content (AvgIpc) is 2.26. The first-order chi connectivity index (χ1) is 8.72. The van der Waals surface area contributed by atoms with Crippen molar-refractivity contribution in [1.82, 2.24) is 5.32 Å². The van der Waals surface area contributed by atoms with Gasteiger partial charge in [-0.05, 0) is 44.0 Å². The van der Waals surface area contributed by atoms with E-state index in [9.17, 15) is 0 Å². The summed E-state index contributed by atoms with van der Waals surface area (Å²) in [7, 11) is 0. The van der Waals surface area contributed by atoms with Gasteiger partial charge in [-0.1, -0.05) is 25.5 Å². The molecule has 1 aliphatic heterocycles. The van der Waals surface area contributed by atoms with Crippen LogP contribution < -0.4 is 10.2 Å². The van der Waals surface area contributed by atoms with E-state index >= 15 is 0 Å². The van der Waals surface area contributed by atoms with E-state index in [2.05, 4.69) is 48.3 Å². The van der Waals surface area contributed by atoms with Crippen LogP contribution in [0.3, 0.4) is 0 Å². The van der Waals surface area contributed by atoms with Gasteiger partial charge in [0.25, 0.3) is 0 Å². The lowest BCUT2D eigenvalue weighted by molar-refractivity contribution is 0.0904. The van der Waals surface area contributed by atoms with Gasteiger partial charge >= 0.3 is 0 Å². The third-order valence-electron chi connectivity index (χ3n) is 4.74. The van der Waals surface area contributed by atoms with Gasteiger partial charge in [0.2, 0.25) is 0 Å². The molecule has 0 radical (unpaired) electrons. The molecule has 1 aromatic carbocycles. The van der Waals surface area contributed by atoms with Gasteiger partial charge in [-0.2, -0.15) is 0 Å². The van der Waals surface area contributed by atoms with Crippen molar-refractivity contribution in [1.29, 1.82) is 0 Å². The zero-order valence-corrected chi connectivity index (χ0v) is 11.6. The summed E-state index contributed by atoms with van der Waals surface area (Å²) in [6.07, 6.45) is 4.37. The second kappa shape index (κ2) is 4.58. The molecule has 2 aliphatic rings. The van der Waals surface area contributed by atoms with Crippen LogP contribution >= 0.6 is 0 Å². The fourth-order valence-corrected chi connectivity index (χ4v) is 3.34. The summed E-state index contributed by atoms with van der Waals surface area (Å²) in [5, 5.41) is 3.46. The van der Waals surface area contributed by atoms with Crippen molar-refractivity contribution in [2.75, 3.05) is 24.5 Å². The first-order valence-corrected chi connectivity index (χ1v) is 7.31. The predicted molar refractivity (Wildman–Crippen MR) is 77.0 cm³/mol. The summed E-state index contributed by atoms with van der Waals surface area (Å²) < 4.78 is 0. The van der Waals surface area contributed by atoms with Crippen molar-refractivity contribution in [3.8, 4) is 0 Å². The lowest BCUT2D eigenvalue weighted by atomic mass is 9.63. The summed E-state index contributed by atoms with van der Waals surface area (Å²) in [6.45, 7) is 7.98. The van der Waals surface area contributed by atoms with Gasteiger partial charge in [-0.3, -0.25) is 0 Å². The van der Waals surface area contributed by atoms with E-state index in [4.69, 9.17) is 0 Å². The Bertz CT molecular complexity index is 398. The molecule has 0 bridgehead atoms. The summed E-state index contributed by atoms with van der Waals surface area (Å²) in [5.74, 6) is 0. The zero-order valence-electron chi connectivity index (χ0n) is 11.6. The third-order valence-corrected chi connectivity index (χ3v) is 4.74. The third kappa shape index (κ3) is 2.03. The van der Waals surface area contributed by atoms with Crippen LogP contribution in [0.25, 0.3) is 0 Å². The van der Waals surface area contributed by atoms with Crippen molar-refractivity contribution in [2.45, 2.75) is 39.2 Å². The maximum atomic E-state index is 3.46. The minimum absolute atomic E-state index is 0.457. The van der Waals surface area contributed by atoms with E-state index in [0.717, 1.165) is 12.0 Å². The SMILES string of the molecule is CCNC(C)c1ccc(N2CC3(CCC3)C2)cc1. The number of nitrogens with one attached hydrogen (secondary N) is 1. The first-order valence-electron chi connectivity index (χ1n) is 7.31. The van der Waals surface area contributed by atoms with Crippen LogP contribution in [0.2, 0.25) is 0 Å². The second-order valence-corrected chi connectivity index (χ2v) is 6.08. The highest BCUT2D eigenvalue weighted by Gasteiger charge is 2.47. The molecule has 1 heterocycles. The molecule has 1 saturated carbocycles. The minimum atomic E-state index is 0.457. The molecule has 2 nitrogen and oxygen atoms in total. The molecule has 1 aliphatic carbocycles. The number of rotatable bonds is 4. The summed E-state index contributed by atoms with van der Waals surface area (Å²) in [6, 6.07) is 9.57. The van der Waals surface area contributed by atoms with E-state index < -0.39 is 0 Å². The number of hydrogen-bond acceptors (Lipinski definition) is 2. The highest BCUT2D eigenvalue weighted by atomic mass is 15.2. The Labute approximate surface area is 110 Å². The van der Waals surface area contributed by atoms with Gasteiger partial charge in [0.15, 0.2) is 0 Å².